The fraction of sp³-hybridized carbons (Fsp3) is 0.167. The molecule has 0 aliphatic carbocycles. The molecule has 0 bridgehead atoms. The Labute approximate surface area is 242 Å². The monoisotopic (exact) mass is 606 g/mol. The second-order valence-electron chi connectivity index (χ2n) is 10.3. The molecule has 0 fully saturated rings. The molecule has 41 heavy (non-hydrogen) atoms. The molecule has 3 aromatic carbocycles. The van der Waals surface area contributed by atoms with E-state index < -0.39 is 30.4 Å². The van der Waals surface area contributed by atoms with Crippen LogP contribution in [0.3, 0.4) is 0 Å². The van der Waals surface area contributed by atoms with Crippen molar-refractivity contribution in [2.24, 2.45) is 0 Å². The molecular formula is C30H26N2O6S3. The summed E-state index contributed by atoms with van der Waals surface area (Å²) in [5, 5.41) is 10.4. The van der Waals surface area contributed by atoms with Gasteiger partial charge >= 0.3 is 5.97 Å². The van der Waals surface area contributed by atoms with E-state index in [1.807, 2.05) is 42.5 Å². The summed E-state index contributed by atoms with van der Waals surface area (Å²) in [7, 11) is -6.85. The van der Waals surface area contributed by atoms with Crippen molar-refractivity contribution >= 4 is 47.9 Å². The molecule has 0 amide bonds. The Morgan fingerprint density at radius 1 is 0.854 bits per heavy atom. The molecule has 5 aromatic rings. The van der Waals surface area contributed by atoms with Gasteiger partial charge in [-0.05, 0) is 66.9 Å². The maximum atomic E-state index is 12.7. The Balaban J connectivity index is 1.70. The first-order chi connectivity index (χ1) is 19.2. The fourth-order valence-corrected chi connectivity index (χ4v) is 6.56. The Hall–Kier alpha value is -3.93. The molecule has 0 spiro atoms. The lowest BCUT2D eigenvalue weighted by Gasteiger charge is -2.24. The highest BCUT2D eigenvalue weighted by Crippen LogP contribution is 2.41. The number of thiazole rings is 1. The zero-order chi connectivity index (χ0) is 29.7. The molecule has 0 atom stereocenters. The predicted octanol–water partition coefficient (Wildman–Crippen LogP) is 6.07. The van der Waals surface area contributed by atoms with Crippen LogP contribution in [0.25, 0.3) is 43.7 Å². The Morgan fingerprint density at radius 3 is 2.17 bits per heavy atom. The maximum absolute atomic E-state index is 12.7. The van der Waals surface area contributed by atoms with Gasteiger partial charge in [-0.2, -0.15) is 0 Å². The van der Waals surface area contributed by atoms with E-state index in [1.54, 1.807) is 38.2 Å². The van der Waals surface area contributed by atoms with E-state index in [0.29, 0.717) is 32.8 Å². The SMILES string of the molecule is CC(C)(c1cc(-c2cccc(-c3sc(C(=O)O)nc3-c3ccc(S(C)(=O)=O)cc3)c2)c2ncccc2c1)S(C)(=O)=O. The van der Waals surface area contributed by atoms with E-state index in [-0.39, 0.29) is 9.90 Å². The van der Waals surface area contributed by atoms with Crippen LogP contribution in [0, 0.1) is 0 Å². The summed E-state index contributed by atoms with van der Waals surface area (Å²) in [5.74, 6) is -1.17. The first-order valence-electron chi connectivity index (χ1n) is 12.4. The summed E-state index contributed by atoms with van der Waals surface area (Å²) < 4.78 is 48.1. The lowest BCUT2D eigenvalue weighted by molar-refractivity contribution is 0.0696. The molecule has 8 nitrogen and oxygen atoms in total. The van der Waals surface area contributed by atoms with Crippen molar-refractivity contribution in [3.8, 4) is 32.8 Å². The van der Waals surface area contributed by atoms with Crippen molar-refractivity contribution in [2.45, 2.75) is 23.5 Å². The Morgan fingerprint density at radius 2 is 1.54 bits per heavy atom. The summed E-state index contributed by atoms with van der Waals surface area (Å²) in [4.78, 5) is 21.6. The molecule has 0 aliphatic heterocycles. The third-order valence-electron chi connectivity index (χ3n) is 7.13. The summed E-state index contributed by atoms with van der Waals surface area (Å²) >= 11 is 1.02. The number of aromatic carboxylic acids is 1. The number of pyridine rings is 1. The minimum Gasteiger partial charge on any atom is -0.476 e. The van der Waals surface area contributed by atoms with E-state index in [1.165, 1.54) is 18.4 Å². The van der Waals surface area contributed by atoms with Crippen molar-refractivity contribution in [1.82, 2.24) is 9.97 Å². The standard InChI is InChI=1S/C30H26N2O6S3/c1-30(2,41(4,37)38)22-16-20-9-6-14-31-25(20)24(17-22)19-7-5-8-21(15-19)27-26(32-28(39-27)29(33)34)18-10-12-23(13-11-18)40(3,35)36/h5-17H,1-4H3,(H,33,34). The number of carbonyl (C=O) groups is 1. The predicted molar refractivity (Wildman–Crippen MR) is 162 cm³/mol. The second-order valence-corrected chi connectivity index (χ2v) is 15.8. The first kappa shape index (κ1) is 28.6. The van der Waals surface area contributed by atoms with Crippen LogP contribution >= 0.6 is 11.3 Å². The number of hydrogen-bond acceptors (Lipinski definition) is 8. The van der Waals surface area contributed by atoms with E-state index in [9.17, 15) is 26.7 Å². The van der Waals surface area contributed by atoms with Crippen LogP contribution in [0.15, 0.2) is 83.9 Å². The van der Waals surface area contributed by atoms with E-state index in [0.717, 1.165) is 34.1 Å². The molecule has 210 valence electrons. The van der Waals surface area contributed by atoms with E-state index >= 15 is 0 Å². The molecule has 2 heterocycles. The van der Waals surface area contributed by atoms with Crippen LogP contribution in [-0.2, 0) is 24.4 Å². The van der Waals surface area contributed by atoms with E-state index in [2.05, 4.69) is 9.97 Å². The number of nitrogens with zero attached hydrogens (tertiary/aromatic N) is 2. The van der Waals surface area contributed by atoms with Crippen molar-refractivity contribution in [1.29, 1.82) is 0 Å². The normalized spacial score (nSPS) is 12.5. The van der Waals surface area contributed by atoms with Gasteiger partial charge in [-0.15, -0.1) is 11.3 Å². The molecule has 2 aromatic heterocycles. The van der Waals surface area contributed by atoms with Gasteiger partial charge in [0.1, 0.15) is 0 Å². The highest BCUT2D eigenvalue weighted by Gasteiger charge is 2.33. The van der Waals surface area contributed by atoms with Crippen LogP contribution in [0.5, 0.6) is 0 Å². The number of benzene rings is 3. The average molecular weight is 607 g/mol. The second kappa shape index (κ2) is 10.2. The van der Waals surface area contributed by atoms with Crippen LogP contribution in [0.1, 0.15) is 29.2 Å². The highest BCUT2D eigenvalue weighted by molar-refractivity contribution is 7.91. The van der Waals surface area contributed by atoms with Crippen LogP contribution < -0.4 is 0 Å². The average Bonchev–Trinajstić information content (AvgIpc) is 3.38. The van der Waals surface area contributed by atoms with Crippen molar-refractivity contribution in [2.75, 3.05) is 12.5 Å². The van der Waals surface area contributed by atoms with Crippen LogP contribution in [0.4, 0.5) is 0 Å². The Kier molecular flexibility index (Phi) is 7.09. The zero-order valence-corrected chi connectivity index (χ0v) is 25.1. The number of carboxylic acid groups (broad SMARTS) is 1. The quantitative estimate of drug-likeness (QED) is 0.236. The molecule has 0 saturated carbocycles. The minimum atomic E-state index is -3.45. The fourth-order valence-electron chi connectivity index (χ4n) is 4.46. The van der Waals surface area contributed by atoms with Gasteiger partial charge in [0, 0.05) is 35.2 Å². The van der Waals surface area contributed by atoms with Gasteiger partial charge in [-0.3, -0.25) is 4.98 Å². The molecule has 0 aliphatic rings. The third-order valence-corrected chi connectivity index (χ3v) is 11.4. The number of hydrogen-bond donors (Lipinski definition) is 1. The summed E-state index contributed by atoms with van der Waals surface area (Å²) in [6.07, 6.45) is 4.02. The lowest BCUT2D eigenvalue weighted by atomic mass is 9.92. The molecule has 5 rings (SSSR count). The first-order valence-corrected chi connectivity index (χ1v) is 17.0. The molecule has 0 radical (unpaired) electrons. The van der Waals surface area contributed by atoms with Crippen molar-refractivity contribution in [3.05, 3.63) is 89.6 Å². The number of sulfone groups is 2. The van der Waals surface area contributed by atoms with Gasteiger partial charge in [0.2, 0.25) is 5.01 Å². The van der Waals surface area contributed by atoms with Gasteiger partial charge in [0.25, 0.3) is 0 Å². The van der Waals surface area contributed by atoms with E-state index in [4.69, 9.17) is 0 Å². The number of rotatable bonds is 7. The summed E-state index contributed by atoms with van der Waals surface area (Å²) in [5.41, 5.74) is 4.51. The van der Waals surface area contributed by atoms with Gasteiger partial charge in [0.15, 0.2) is 19.7 Å². The smallest absolute Gasteiger partial charge is 0.365 e. The number of fused-ring (bicyclic) bond motifs is 1. The van der Waals surface area contributed by atoms with Gasteiger partial charge in [-0.1, -0.05) is 36.4 Å². The van der Waals surface area contributed by atoms with Gasteiger partial charge in [0.05, 0.1) is 25.7 Å². The molecule has 0 saturated heterocycles. The molecule has 1 N–H and O–H groups in total. The minimum absolute atomic E-state index is 0.100. The Bertz CT molecular complexity index is 2050. The maximum Gasteiger partial charge on any atom is 0.365 e. The van der Waals surface area contributed by atoms with Crippen molar-refractivity contribution in [3.63, 3.8) is 0 Å². The molecule has 11 heteroatoms. The molecular weight excluding hydrogens is 581 g/mol. The zero-order valence-electron chi connectivity index (χ0n) is 22.6. The highest BCUT2D eigenvalue weighted by atomic mass is 32.2. The molecule has 0 unspecified atom stereocenters. The summed E-state index contributed by atoms with van der Waals surface area (Å²) in [6, 6.07) is 21.0. The summed E-state index contributed by atoms with van der Waals surface area (Å²) in [6.45, 7) is 3.35. The third kappa shape index (κ3) is 5.40. The van der Waals surface area contributed by atoms with Crippen LogP contribution in [-0.4, -0.2) is 50.4 Å². The number of carboxylic acids is 1. The van der Waals surface area contributed by atoms with Crippen LogP contribution in [0.2, 0.25) is 0 Å². The number of aromatic nitrogens is 2. The lowest BCUT2D eigenvalue weighted by Crippen LogP contribution is -2.28. The van der Waals surface area contributed by atoms with Crippen molar-refractivity contribution < 1.29 is 26.7 Å². The van der Waals surface area contributed by atoms with Gasteiger partial charge in [-0.25, -0.2) is 26.6 Å². The van der Waals surface area contributed by atoms with Gasteiger partial charge < -0.3 is 5.11 Å². The largest absolute Gasteiger partial charge is 0.476 e. The topological polar surface area (TPSA) is 131 Å².